The Kier molecular flexibility index (Phi) is 4.26. The van der Waals surface area contributed by atoms with Crippen molar-refractivity contribution in [1.29, 1.82) is 0 Å². The lowest BCUT2D eigenvalue weighted by Crippen LogP contribution is -2.40. The minimum atomic E-state index is -0.579. The van der Waals surface area contributed by atoms with Gasteiger partial charge in [-0.3, -0.25) is 4.79 Å². The zero-order chi connectivity index (χ0) is 16.6. The summed E-state index contributed by atoms with van der Waals surface area (Å²) >= 11 is 0. The summed E-state index contributed by atoms with van der Waals surface area (Å²) < 4.78 is 7.30. The minimum absolute atomic E-state index is 0.0179. The molecule has 2 aromatic rings. The van der Waals surface area contributed by atoms with Crippen LogP contribution >= 0.6 is 0 Å². The Bertz CT molecular complexity index is 696. The normalized spacial score (nSPS) is 17.5. The lowest BCUT2D eigenvalue weighted by molar-refractivity contribution is 0.0419. The van der Waals surface area contributed by atoms with E-state index in [4.69, 9.17) is 4.42 Å². The Labute approximate surface area is 135 Å². The molecule has 0 aliphatic carbocycles. The van der Waals surface area contributed by atoms with E-state index in [1.165, 1.54) is 0 Å². The van der Waals surface area contributed by atoms with Gasteiger partial charge in [-0.05, 0) is 38.7 Å². The van der Waals surface area contributed by atoms with E-state index in [0.29, 0.717) is 30.2 Å². The molecule has 1 N–H and O–H groups in total. The van der Waals surface area contributed by atoms with Crippen LogP contribution in [0.25, 0.3) is 0 Å². The van der Waals surface area contributed by atoms with Crippen LogP contribution in [0.3, 0.4) is 0 Å². The summed E-state index contributed by atoms with van der Waals surface area (Å²) in [5, 5.41) is 10.5. The topological polar surface area (TPSA) is 71.5 Å². The standard InChI is InChI=1S/C17H23N3O3/c1-11-10-14(12(2)23-11)17(22)20-7-4-13(5-8-20)15(21)16-18-6-9-19(16)3/h6,9-10,13,15,21H,4-5,7-8H2,1-3H3/t15-/m0/s1. The van der Waals surface area contributed by atoms with Gasteiger partial charge in [-0.15, -0.1) is 0 Å². The number of aliphatic hydroxyl groups is 1. The van der Waals surface area contributed by atoms with Crippen molar-refractivity contribution in [3.05, 3.63) is 41.4 Å². The average molecular weight is 317 g/mol. The lowest BCUT2D eigenvalue weighted by atomic mass is 9.90. The number of nitrogens with zero attached hydrogens (tertiary/aromatic N) is 3. The molecule has 23 heavy (non-hydrogen) atoms. The molecule has 124 valence electrons. The number of imidazole rings is 1. The number of aromatic nitrogens is 2. The monoisotopic (exact) mass is 317 g/mol. The highest BCUT2D eigenvalue weighted by atomic mass is 16.3. The predicted molar refractivity (Wildman–Crippen MR) is 85.0 cm³/mol. The summed E-state index contributed by atoms with van der Waals surface area (Å²) in [6, 6.07) is 1.80. The van der Waals surface area contributed by atoms with Crippen LogP contribution in [-0.2, 0) is 7.05 Å². The molecule has 1 fully saturated rings. The van der Waals surface area contributed by atoms with Crippen molar-refractivity contribution in [1.82, 2.24) is 14.5 Å². The van der Waals surface area contributed by atoms with Crippen molar-refractivity contribution in [3.63, 3.8) is 0 Å². The van der Waals surface area contributed by atoms with Gasteiger partial charge in [-0.25, -0.2) is 4.98 Å². The number of furan rings is 1. The Balaban J connectivity index is 1.63. The number of rotatable bonds is 3. The molecule has 6 nitrogen and oxygen atoms in total. The molecule has 1 atom stereocenters. The fourth-order valence-corrected chi connectivity index (χ4v) is 3.30. The van der Waals surface area contributed by atoms with E-state index < -0.39 is 6.10 Å². The number of piperidine rings is 1. The van der Waals surface area contributed by atoms with Crippen LogP contribution in [0, 0.1) is 19.8 Å². The van der Waals surface area contributed by atoms with Crippen LogP contribution in [0.4, 0.5) is 0 Å². The third-order valence-corrected chi connectivity index (χ3v) is 4.67. The maximum atomic E-state index is 12.6. The largest absolute Gasteiger partial charge is 0.466 e. The summed E-state index contributed by atoms with van der Waals surface area (Å²) in [6.45, 7) is 4.96. The van der Waals surface area contributed by atoms with E-state index in [1.807, 2.05) is 36.6 Å². The van der Waals surface area contributed by atoms with Crippen molar-refractivity contribution >= 4 is 5.91 Å². The fourth-order valence-electron chi connectivity index (χ4n) is 3.30. The van der Waals surface area contributed by atoms with E-state index >= 15 is 0 Å². The molecule has 2 aromatic heterocycles. The van der Waals surface area contributed by atoms with Gasteiger partial charge in [0.05, 0.1) is 5.56 Å². The zero-order valence-electron chi connectivity index (χ0n) is 13.8. The first-order chi connectivity index (χ1) is 11.0. The Morgan fingerprint density at radius 2 is 2.09 bits per heavy atom. The molecule has 1 saturated heterocycles. The highest BCUT2D eigenvalue weighted by Crippen LogP contribution is 2.30. The quantitative estimate of drug-likeness (QED) is 0.942. The number of amides is 1. The van der Waals surface area contributed by atoms with Crippen molar-refractivity contribution in [2.24, 2.45) is 13.0 Å². The molecule has 0 saturated carbocycles. The summed E-state index contributed by atoms with van der Waals surface area (Å²) in [6.07, 6.45) is 4.50. The van der Waals surface area contributed by atoms with E-state index in [2.05, 4.69) is 4.98 Å². The highest BCUT2D eigenvalue weighted by Gasteiger charge is 2.31. The number of hydrogen-bond donors (Lipinski definition) is 1. The molecule has 1 aliphatic heterocycles. The van der Waals surface area contributed by atoms with E-state index in [1.54, 1.807) is 12.3 Å². The first-order valence-electron chi connectivity index (χ1n) is 7.99. The predicted octanol–water partition coefficient (Wildman–Crippen LogP) is 2.22. The smallest absolute Gasteiger partial charge is 0.257 e. The highest BCUT2D eigenvalue weighted by molar-refractivity contribution is 5.95. The Morgan fingerprint density at radius 1 is 1.39 bits per heavy atom. The number of hydrogen-bond acceptors (Lipinski definition) is 4. The van der Waals surface area contributed by atoms with E-state index in [9.17, 15) is 9.90 Å². The second-order valence-electron chi connectivity index (χ2n) is 6.30. The SMILES string of the molecule is Cc1cc(C(=O)N2CCC([C@H](O)c3nccn3C)CC2)c(C)o1. The zero-order valence-corrected chi connectivity index (χ0v) is 13.8. The van der Waals surface area contributed by atoms with Crippen molar-refractivity contribution in [3.8, 4) is 0 Å². The molecule has 1 aliphatic rings. The van der Waals surface area contributed by atoms with Crippen molar-refractivity contribution < 1.29 is 14.3 Å². The first kappa shape index (κ1) is 15.8. The van der Waals surface area contributed by atoms with Gasteiger partial charge in [0.25, 0.3) is 5.91 Å². The van der Waals surface area contributed by atoms with Crippen LogP contribution in [0.1, 0.15) is 46.6 Å². The molecular weight excluding hydrogens is 294 g/mol. The van der Waals surface area contributed by atoms with Gasteiger partial charge in [0.1, 0.15) is 23.4 Å². The number of carbonyl (C=O) groups is 1. The van der Waals surface area contributed by atoms with Crippen LogP contribution < -0.4 is 0 Å². The van der Waals surface area contributed by atoms with Gasteiger partial charge < -0.3 is 19.0 Å². The van der Waals surface area contributed by atoms with E-state index in [0.717, 1.165) is 18.6 Å². The summed E-state index contributed by atoms with van der Waals surface area (Å²) in [5.41, 5.74) is 0.644. The van der Waals surface area contributed by atoms with E-state index in [-0.39, 0.29) is 11.8 Å². The first-order valence-corrected chi connectivity index (χ1v) is 7.99. The Morgan fingerprint density at radius 3 is 2.61 bits per heavy atom. The molecule has 1 amide bonds. The van der Waals surface area contributed by atoms with Crippen molar-refractivity contribution in [2.75, 3.05) is 13.1 Å². The van der Waals surface area contributed by atoms with Crippen LogP contribution in [0.15, 0.2) is 22.9 Å². The number of aryl methyl sites for hydroxylation is 3. The molecule has 3 rings (SSSR count). The average Bonchev–Trinajstić information content (AvgIpc) is 3.11. The molecule has 0 bridgehead atoms. The van der Waals surface area contributed by atoms with Gasteiger partial charge in [0, 0.05) is 32.5 Å². The number of likely N-dealkylation sites (tertiary alicyclic amines) is 1. The van der Waals surface area contributed by atoms with Gasteiger partial charge in [0.15, 0.2) is 0 Å². The van der Waals surface area contributed by atoms with Crippen LogP contribution in [0.2, 0.25) is 0 Å². The van der Waals surface area contributed by atoms with Crippen LogP contribution in [0.5, 0.6) is 0 Å². The molecule has 3 heterocycles. The van der Waals surface area contributed by atoms with Gasteiger partial charge >= 0.3 is 0 Å². The lowest BCUT2D eigenvalue weighted by Gasteiger charge is -2.34. The van der Waals surface area contributed by atoms with Crippen molar-refractivity contribution in [2.45, 2.75) is 32.8 Å². The molecule has 6 heteroatoms. The summed E-state index contributed by atoms with van der Waals surface area (Å²) in [5.74, 6) is 2.27. The Hall–Kier alpha value is -2.08. The molecule has 0 radical (unpaired) electrons. The third kappa shape index (κ3) is 3.03. The second kappa shape index (κ2) is 6.20. The van der Waals surface area contributed by atoms with Gasteiger partial charge in [-0.1, -0.05) is 0 Å². The van der Waals surface area contributed by atoms with Gasteiger partial charge in [0.2, 0.25) is 0 Å². The van der Waals surface area contributed by atoms with Gasteiger partial charge in [-0.2, -0.15) is 0 Å². The maximum Gasteiger partial charge on any atom is 0.257 e. The van der Waals surface area contributed by atoms with Crippen LogP contribution in [-0.4, -0.2) is 38.6 Å². The fraction of sp³-hybridized carbons (Fsp3) is 0.529. The molecule has 0 spiro atoms. The molecular formula is C17H23N3O3. The number of carbonyl (C=O) groups excluding carboxylic acids is 1. The maximum absolute atomic E-state index is 12.6. The summed E-state index contributed by atoms with van der Waals surface area (Å²) in [7, 11) is 1.88. The third-order valence-electron chi connectivity index (χ3n) is 4.67. The number of aliphatic hydroxyl groups excluding tert-OH is 1. The molecule has 0 aromatic carbocycles. The minimum Gasteiger partial charge on any atom is -0.466 e. The molecule has 0 unspecified atom stereocenters. The second-order valence-corrected chi connectivity index (χ2v) is 6.30. The summed E-state index contributed by atoms with van der Waals surface area (Å²) in [4.78, 5) is 18.7.